The number of nitrogens with zero attached hydrogens (tertiary/aromatic N) is 4. The van der Waals surface area contributed by atoms with Crippen molar-refractivity contribution in [3.8, 4) is 5.69 Å². The molecule has 0 aliphatic carbocycles. The average molecular weight is 955 g/mol. The van der Waals surface area contributed by atoms with Gasteiger partial charge in [-0.05, 0) is 156 Å². The van der Waals surface area contributed by atoms with Crippen LogP contribution in [0.3, 0.4) is 0 Å². The van der Waals surface area contributed by atoms with Gasteiger partial charge in [-0.25, -0.2) is 0 Å². The summed E-state index contributed by atoms with van der Waals surface area (Å²) >= 11 is 0. The molecule has 1 aromatic heterocycles. The summed E-state index contributed by atoms with van der Waals surface area (Å²) in [5, 5.41) is 2.51. The van der Waals surface area contributed by atoms with Crippen LogP contribution < -0.4 is 31.1 Å². The Balaban J connectivity index is 1.27. The smallest absolute Gasteiger partial charge is 0.257 e. The third-order valence-electron chi connectivity index (χ3n) is 16.3. The van der Waals surface area contributed by atoms with E-state index in [0.717, 1.165) is 17.1 Å². The quantitative estimate of drug-likeness (QED) is 0.163. The van der Waals surface area contributed by atoms with E-state index in [4.69, 9.17) is 0 Å². The zero-order valence-corrected chi connectivity index (χ0v) is 45.9. The monoisotopic (exact) mass is 955 g/mol. The standard InChI is InChI=1S/C68H71BN4/c1-64(2,3)42-24-30-47(31-25-42)70-55-36-45(67(10,11)12)38-57-61(55)69-62-56(70)37-46(68(13,14)15)39-58(62)72(49-34-28-44(29-35-49)66(7,8)9)60-41-50(73-53-22-18-16-20-51(53)52-21-17-19-23-54(52)73)40-59(63(60)69)71(57)48-32-26-43(27-33-48)65(4,5)6/h16-41H,1-15H3. The number of fused-ring (bicyclic) bond motifs is 3. The van der Waals surface area contributed by atoms with E-state index < -0.39 is 0 Å². The number of hydrogen-bond acceptors (Lipinski definition) is 3. The molecule has 5 heteroatoms. The van der Waals surface area contributed by atoms with Gasteiger partial charge in [0.15, 0.2) is 0 Å². The highest BCUT2D eigenvalue weighted by molar-refractivity contribution is 7.02. The molecular formula is C68H71BN4. The molecule has 0 amide bonds. The van der Waals surface area contributed by atoms with Crippen molar-refractivity contribution in [3.05, 3.63) is 186 Å². The van der Waals surface area contributed by atoms with Gasteiger partial charge < -0.3 is 19.3 Å². The van der Waals surface area contributed by atoms with Crippen LogP contribution in [-0.4, -0.2) is 11.3 Å². The van der Waals surface area contributed by atoms with Crippen LogP contribution in [0.25, 0.3) is 27.5 Å². The Kier molecular flexibility index (Phi) is 10.2. The normalized spacial score (nSPS) is 14.4. The van der Waals surface area contributed by atoms with Gasteiger partial charge >= 0.3 is 0 Å². The summed E-state index contributed by atoms with van der Waals surface area (Å²) in [5.74, 6) is 0. The first-order valence-corrected chi connectivity index (χ1v) is 26.6. The SMILES string of the molecule is CC(C)(C)c1ccc(N2c3cc(-n4c5ccccc5c5ccccc54)cc4c3B3c5c2cc(C(C)(C)C)cc5N(c2ccc(C(C)(C)C)cc2)c2cc(C(C)(C)C)cc(c23)N4c2ccc(C(C)(C)C)cc2)cc1. The van der Waals surface area contributed by atoms with Crippen LogP contribution in [0.2, 0.25) is 0 Å². The highest BCUT2D eigenvalue weighted by Gasteiger charge is 2.51. The van der Waals surface area contributed by atoms with Crippen LogP contribution >= 0.6 is 0 Å². The molecule has 73 heavy (non-hydrogen) atoms. The fourth-order valence-electron chi connectivity index (χ4n) is 12.0. The number of anilines is 9. The second kappa shape index (κ2) is 15.8. The summed E-state index contributed by atoms with van der Waals surface area (Å²) in [7, 11) is 0. The molecule has 9 aromatic rings. The predicted molar refractivity (Wildman–Crippen MR) is 317 cm³/mol. The summed E-state index contributed by atoms with van der Waals surface area (Å²) in [6.45, 7) is 35.0. The van der Waals surface area contributed by atoms with Crippen LogP contribution in [-0.2, 0) is 27.1 Å². The van der Waals surface area contributed by atoms with Crippen LogP contribution in [0.1, 0.15) is 132 Å². The zero-order valence-electron chi connectivity index (χ0n) is 45.9. The van der Waals surface area contributed by atoms with E-state index in [1.165, 1.54) is 106 Å². The van der Waals surface area contributed by atoms with E-state index in [1.807, 2.05) is 0 Å². The molecule has 0 saturated heterocycles. The largest absolute Gasteiger partial charge is 0.311 e. The van der Waals surface area contributed by atoms with Gasteiger partial charge in [0.05, 0.1) is 16.7 Å². The maximum atomic E-state index is 2.63. The molecule has 0 radical (unpaired) electrons. The van der Waals surface area contributed by atoms with Gasteiger partial charge in [-0.1, -0.05) is 177 Å². The lowest BCUT2D eigenvalue weighted by Crippen LogP contribution is -2.65. The summed E-state index contributed by atoms with van der Waals surface area (Å²) in [4.78, 5) is 7.90. The van der Waals surface area contributed by atoms with Crippen LogP contribution in [0.15, 0.2) is 158 Å². The minimum Gasteiger partial charge on any atom is -0.311 e. The molecule has 0 fully saturated rings. The van der Waals surface area contributed by atoms with Crippen LogP contribution in [0.4, 0.5) is 51.2 Å². The minimum atomic E-state index is -0.146. The van der Waals surface area contributed by atoms with Crippen molar-refractivity contribution in [1.82, 2.24) is 4.57 Å². The molecule has 0 N–H and O–H groups in total. The number of benzene rings is 8. The van der Waals surface area contributed by atoms with Crippen molar-refractivity contribution in [2.45, 2.75) is 131 Å². The Bertz CT molecular complexity index is 3480. The third-order valence-corrected chi connectivity index (χ3v) is 16.3. The average Bonchev–Trinajstić information content (AvgIpc) is 3.67. The molecule has 12 rings (SSSR count). The summed E-state index contributed by atoms with van der Waals surface area (Å²) < 4.78 is 2.52. The van der Waals surface area contributed by atoms with Crippen molar-refractivity contribution < 1.29 is 0 Å². The van der Waals surface area contributed by atoms with Crippen LogP contribution in [0, 0.1) is 0 Å². The van der Waals surface area contributed by atoms with Crippen molar-refractivity contribution in [2.24, 2.45) is 0 Å². The summed E-state index contributed by atoms with van der Waals surface area (Å²) in [6.07, 6.45) is 0. The maximum absolute atomic E-state index is 2.63. The van der Waals surface area contributed by atoms with Gasteiger partial charge in [-0.3, -0.25) is 0 Å². The van der Waals surface area contributed by atoms with Gasteiger partial charge in [0.2, 0.25) is 0 Å². The Morgan fingerprint density at radius 1 is 0.274 bits per heavy atom. The second-order valence-corrected chi connectivity index (χ2v) is 26.5. The van der Waals surface area contributed by atoms with Crippen molar-refractivity contribution in [1.29, 1.82) is 0 Å². The molecule has 0 spiro atoms. The number of rotatable bonds is 4. The second-order valence-electron chi connectivity index (χ2n) is 26.5. The fourth-order valence-corrected chi connectivity index (χ4v) is 12.0. The highest BCUT2D eigenvalue weighted by Crippen LogP contribution is 2.53. The Morgan fingerprint density at radius 2 is 0.534 bits per heavy atom. The van der Waals surface area contributed by atoms with Gasteiger partial charge in [0.25, 0.3) is 6.71 Å². The first kappa shape index (κ1) is 47.1. The first-order chi connectivity index (χ1) is 34.4. The number of aromatic nitrogens is 1. The summed E-state index contributed by atoms with van der Waals surface area (Å²) in [6, 6.07) is 61.5. The lowest BCUT2D eigenvalue weighted by molar-refractivity contribution is 0.589. The zero-order chi connectivity index (χ0) is 51.5. The Hall–Kier alpha value is -6.98. The maximum Gasteiger partial charge on any atom is 0.257 e. The van der Waals surface area contributed by atoms with E-state index in [-0.39, 0.29) is 33.8 Å². The van der Waals surface area contributed by atoms with Crippen molar-refractivity contribution in [2.75, 3.05) is 14.7 Å². The predicted octanol–water partition coefficient (Wildman–Crippen LogP) is 17.1. The molecule has 8 aromatic carbocycles. The van der Waals surface area contributed by atoms with Crippen LogP contribution in [0.5, 0.6) is 0 Å². The molecule has 0 atom stereocenters. The molecule has 366 valence electrons. The molecular weight excluding hydrogens is 884 g/mol. The lowest BCUT2D eigenvalue weighted by Gasteiger charge is -2.50. The van der Waals surface area contributed by atoms with E-state index in [0.29, 0.717) is 0 Å². The Labute approximate surface area is 435 Å². The molecule has 3 aliphatic heterocycles. The molecule has 0 unspecified atom stereocenters. The fraction of sp³-hybridized carbons (Fsp3) is 0.294. The number of para-hydroxylation sites is 2. The third kappa shape index (κ3) is 7.38. The molecule has 4 nitrogen and oxygen atoms in total. The molecule has 0 bridgehead atoms. The molecule has 4 heterocycles. The highest BCUT2D eigenvalue weighted by atomic mass is 15.2. The van der Waals surface area contributed by atoms with Crippen molar-refractivity contribution in [3.63, 3.8) is 0 Å². The van der Waals surface area contributed by atoms with E-state index >= 15 is 0 Å². The van der Waals surface area contributed by atoms with Gasteiger partial charge in [0, 0.05) is 62.0 Å². The van der Waals surface area contributed by atoms with Crippen molar-refractivity contribution >= 4 is 96.1 Å². The summed E-state index contributed by atoms with van der Waals surface area (Å²) in [5.41, 5.74) is 24.8. The first-order valence-electron chi connectivity index (χ1n) is 26.6. The van der Waals surface area contributed by atoms with E-state index in [2.05, 4.69) is 281 Å². The minimum absolute atomic E-state index is 0.00452. The van der Waals surface area contributed by atoms with Gasteiger partial charge in [-0.2, -0.15) is 0 Å². The molecule has 3 aliphatic rings. The topological polar surface area (TPSA) is 14.7 Å². The Morgan fingerprint density at radius 3 is 0.808 bits per heavy atom. The van der Waals surface area contributed by atoms with Gasteiger partial charge in [-0.15, -0.1) is 0 Å². The number of hydrogen-bond donors (Lipinski definition) is 0. The lowest BCUT2D eigenvalue weighted by atomic mass is 9.31. The molecule has 0 saturated carbocycles. The van der Waals surface area contributed by atoms with E-state index in [9.17, 15) is 0 Å². The van der Waals surface area contributed by atoms with E-state index in [1.54, 1.807) is 0 Å². The van der Waals surface area contributed by atoms with Gasteiger partial charge in [0.1, 0.15) is 0 Å².